The van der Waals surface area contributed by atoms with Gasteiger partial charge in [0.25, 0.3) is 5.91 Å². The summed E-state index contributed by atoms with van der Waals surface area (Å²) in [5, 5.41) is 6.76. The van der Waals surface area contributed by atoms with E-state index in [0.29, 0.717) is 6.54 Å². The number of aromatic nitrogens is 2. The number of hydrogen-bond donors (Lipinski definition) is 1. The molecule has 1 N–H and O–H groups in total. The second-order valence-electron chi connectivity index (χ2n) is 5.91. The molecule has 3 rings (SSSR count). The van der Waals surface area contributed by atoms with E-state index in [2.05, 4.69) is 15.2 Å². The predicted molar refractivity (Wildman–Crippen MR) is 93.7 cm³/mol. The van der Waals surface area contributed by atoms with Crippen molar-refractivity contribution >= 4 is 11.7 Å². The number of hydrogen-bond acceptors (Lipinski definition) is 3. The molecule has 0 unspecified atom stereocenters. The topological polar surface area (TPSA) is 56.2 Å². The van der Waals surface area contributed by atoms with E-state index < -0.39 is 18.7 Å². The Morgan fingerprint density at radius 1 is 1.11 bits per heavy atom. The molecular weight excluding hydrogens is 378 g/mol. The number of alkyl halides is 3. The molecular formula is C19H15F4N3O2. The molecule has 0 aliphatic rings. The molecule has 0 saturated carbocycles. The van der Waals surface area contributed by atoms with E-state index in [0.717, 1.165) is 5.56 Å². The Labute approximate surface area is 157 Å². The molecule has 1 aromatic heterocycles. The third kappa shape index (κ3) is 5.57. The summed E-state index contributed by atoms with van der Waals surface area (Å²) in [6, 6.07) is 12.9. The second kappa shape index (κ2) is 8.12. The summed E-state index contributed by atoms with van der Waals surface area (Å²) < 4.78 is 55.8. The standard InChI is InChI=1S/C19H15F4N3O2/c20-15-6-4-13(5-7-15)11-26-9-8-17(25-26)24-18(27)14-2-1-3-16(10-14)28-12-19(21,22)23/h1-10H,11-12H2,(H,24,25,27). The van der Waals surface area contributed by atoms with E-state index in [9.17, 15) is 22.4 Å². The van der Waals surface area contributed by atoms with Crippen LogP contribution in [0, 0.1) is 5.82 Å². The van der Waals surface area contributed by atoms with E-state index in [4.69, 9.17) is 0 Å². The lowest BCUT2D eigenvalue weighted by molar-refractivity contribution is -0.153. The minimum atomic E-state index is -4.46. The first-order chi connectivity index (χ1) is 13.3. The smallest absolute Gasteiger partial charge is 0.422 e. The van der Waals surface area contributed by atoms with Crippen molar-refractivity contribution in [2.45, 2.75) is 12.7 Å². The third-order valence-electron chi connectivity index (χ3n) is 3.64. The summed E-state index contributed by atoms with van der Waals surface area (Å²) >= 11 is 0. The third-order valence-corrected chi connectivity index (χ3v) is 3.64. The minimum Gasteiger partial charge on any atom is -0.484 e. The van der Waals surface area contributed by atoms with Gasteiger partial charge in [0.1, 0.15) is 11.6 Å². The van der Waals surface area contributed by atoms with Crippen molar-refractivity contribution in [2.24, 2.45) is 0 Å². The van der Waals surface area contributed by atoms with Crippen LogP contribution in [0.15, 0.2) is 60.8 Å². The molecule has 0 atom stereocenters. The van der Waals surface area contributed by atoms with Crippen LogP contribution in [0.4, 0.5) is 23.4 Å². The van der Waals surface area contributed by atoms with Crippen LogP contribution in [0.3, 0.4) is 0 Å². The van der Waals surface area contributed by atoms with Gasteiger partial charge in [-0.25, -0.2) is 4.39 Å². The lowest BCUT2D eigenvalue weighted by Gasteiger charge is -2.10. The van der Waals surface area contributed by atoms with E-state index in [1.807, 2.05) is 0 Å². The van der Waals surface area contributed by atoms with Gasteiger partial charge in [0, 0.05) is 17.8 Å². The zero-order chi connectivity index (χ0) is 20.1. The Morgan fingerprint density at radius 3 is 2.57 bits per heavy atom. The normalized spacial score (nSPS) is 11.3. The van der Waals surface area contributed by atoms with E-state index in [-0.39, 0.29) is 22.9 Å². The van der Waals surface area contributed by atoms with Crippen molar-refractivity contribution < 1.29 is 27.1 Å². The predicted octanol–water partition coefficient (Wildman–Crippen LogP) is 4.26. The molecule has 0 aliphatic heterocycles. The Hall–Kier alpha value is -3.36. The van der Waals surface area contributed by atoms with Crippen LogP contribution in [-0.2, 0) is 6.54 Å². The highest BCUT2D eigenvalue weighted by molar-refractivity contribution is 6.03. The first kappa shape index (κ1) is 19.4. The molecule has 0 bridgehead atoms. The molecule has 9 heteroatoms. The molecule has 0 saturated heterocycles. The lowest BCUT2D eigenvalue weighted by Crippen LogP contribution is -2.19. The second-order valence-corrected chi connectivity index (χ2v) is 5.91. The summed E-state index contributed by atoms with van der Waals surface area (Å²) in [5.41, 5.74) is 0.963. The fraction of sp³-hybridized carbons (Fsp3) is 0.158. The van der Waals surface area contributed by atoms with E-state index in [1.54, 1.807) is 29.1 Å². The summed E-state index contributed by atoms with van der Waals surface area (Å²) in [4.78, 5) is 12.3. The quantitative estimate of drug-likeness (QED) is 0.637. The average Bonchev–Trinajstić information content (AvgIpc) is 3.08. The van der Waals surface area contributed by atoms with Gasteiger partial charge < -0.3 is 10.1 Å². The van der Waals surface area contributed by atoms with Crippen LogP contribution in [-0.4, -0.2) is 28.5 Å². The van der Waals surface area contributed by atoms with Gasteiger partial charge in [0.15, 0.2) is 12.4 Å². The first-order valence-corrected chi connectivity index (χ1v) is 8.17. The fourth-order valence-electron chi connectivity index (χ4n) is 2.37. The van der Waals surface area contributed by atoms with Crippen molar-refractivity contribution in [3.05, 3.63) is 77.7 Å². The molecule has 3 aromatic rings. The molecule has 28 heavy (non-hydrogen) atoms. The van der Waals surface area contributed by atoms with Crippen molar-refractivity contribution in [2.75, 3.05) is 11.9 Å². The Morgan fingerprint density at radius 2 is 1.86 bits per heavy atom. The number of benzene rings is 2. The maximum absolute atomic E-state index is 12.9. The summed E-state index contributed by atoms with van der Waals surface area (Å²) in [6.45, 7) is -1.05. The zero-order valence-corrected chi connectivity index (χ0v) is 14.4. The Balaban J connectivity index is 1.62. The molecule has 2 aromatic carbocycles. The van der Waals surface area contributed by atoms with E-state index in [1.165, 1.54) is 36.4 Å². The fourth-order valence-corrected chi connectivity index (χ4v) is 2.37. The van der Waals surface area contributed by atoms with E-state index >= 15 is 0 Å². The maximum Gasteiger partial charge on any atom is 0.422 e. The van der Waals surface area contributed by atoms with Gasteiger partial charge in [-0.1, -0.05) is 18.2 Å². The van der Waals surface area contributed by atoms with Crippen LogP contribution in [0.2, 0.25) is 0 Å². The highest BCUT2D eigenvalue weighted by Crippen LogP contribution is 2.20. The van der Waals surface area contributed by atoms with Crippen LogP contribution in [0.25, 0.3) is 0 Å². The molecule has 0 aliphatic carbocycles. The van der Waals surface area contributed by atoms with Gasteiger partial charge in [-0.05, 0) is 35.9 Å². The monoisotopic (exact) mass is 393 g/mol. The number of carbonyl (C=O) groups excluding carboxylic acids is 1. The number of nitrogens with zero attached hydrogens (tertiary/aromatic N) is 2. The number of carbonyl (C=O) groups is 1. The number of nitrogens with one attached hydrogen (secondary N) is 1. The van der Waals surface area contributed by atoms with Gasteiger partial charge in [-0.2, -0.15) is 18.3 Å². The largest absolute Gasteiger partial charge is 0.484 e. The highest BCUT2D eigenvalue weighted by atomic mass is 19.4. The minimum absolute atomic E-state index is 0.0631. The van der Waals surface area contributed by atoms with Gasteiger partial charge in [-0.15, -0.1) is 0 Å². The highest BCUT2D eigenvalue weighted by Gasteiger charge is 2.28. The van der Waals surface area contributed by atoms with Gasteiger partial charge in [0.2, 0.25) is 0 Å². The van der Waals surface area contributed by atoms with Crippen molar-refractivity contribution in [3.8, 4) is 5.75 Å². The number of ether oxygens (including phenoxy) is 1. The van der Waals surface area contributed by atoms with Crippen molar-refractivity contribution in [1.82, 2.24) is 9.78 Å². The molecule has 146 valence electrons. The number of amides is 1. The van der Waals surface area contributed by atoms with Crippen molar-refractivity contribution in [3.63, 3.8) is 0 Å². The Kier molecular flexibility index (Phi) is 5.62. The number of rotatable bonds is 6. The SMILES string of the molecule is O=C(Nc1ccn(Cc2ccc(F)cc2)n1)c1cccc(OCC(F)(F)F)c1. The molecule has 0 fully saturated rings. The summed E-state index contributed by atoms with van der Waals surface area (Å²) in [5.74, 6) is -0.663. The van der Waals surface area contributed by atoms with Crippen LogP contribution in [0.1, 0.15) is 15.9 Å². The van der Waals surface area contributed by atoms with Gasteiger partial charge >= 0.3 is 6.18 Å². The molecule has 0 radical (unpaired) electrons. The number of halogens is 4. The number of anilines is 1. The van der Waals surface area contributed by atoms with Gasteiger partial charge in [0.05, 0.1) is 6.54 Å². The summed E-state index contributed by atoms with van der Waals surface area (Å²) in [7, 11) is 0. The lowest BCUT2D eigenvalue weighted by atomic mass is 10.2. The molecule has 5 nitrogen and oxygen atoms in total. The average molecular weight is 393 g/mol. The van der Waals surface area contributed by atoms with Crippen LogP contribution < -0.4 is 10.1 Å². The first-order valence-electron chi connectivity index (χ1n) is 8.17. The molecule has 1 heterocycles. The molecule has 1 amide bonds. The molecule has 0 spiro atoms. The van der Waals surface area contributed by atoms with Crippen LogP contribution >= 0.6 is 0 Å². The zero-order valence-electron chi connectivity index (χ0n) is 14.4. The van der Waals surface area contributed by atoms with Crippen molar-refractivity contribution in [1.29, 1.82) is 0 Å². The van der Waals surface area contributed by atoms with Gasteiger partial charge in [-0.3, -0.25) is 9.48 Å². The van der Waals surface area contributed by atoms with Crippen LogP contribution in [0.5, 0.6) is 5.75 Å². The maximum atomic E-state index is 12.9. The summed E-state index contributed by atoms with van der Waals surface area (Å²) in [6.07, 6.45) is -2.82. The Bertz CT molecular complexity index is 952.